The first kappa shape index (κ1) is 23.7. The number of para-hydroxylation sites is 2. The van der Waals surface area contributed by atoms with Gasteiger partial charge in [-0.05, 0) is 73.5 Å². The predicted molar refractivity (Wildman–Crippen MR) is 147 cm³/mol. The van der Waals surface area contributed by atoms with E-state index in [1.54, 1.807) is 38.5 Å². The lowest BCUT2D eigenvalue weighted by atomic mass is 9.89. The number of furan rings is 1. The molecule has 1 N–H and O–H groups in total. The van der Waals surface area contributed by atoms with E-state index in [-0.39, 0.29) is 11.3 Å². The van der Waals surface area contributed by atoms with Gasteiger partial charge >= 0.3 is 5.97 Å². The number of anilines is 2. The van der Waals surface area contributed by atoms with Gasteiger partial charge in [0.25, 0.3) is 0 Å². The van der Waals surface area contributed by atoms with E-state index in [9.17, 15) is 4.79 Å². The van der Waals surface area contributed by atoms with E-state index in [0.717, 1.165) is 33.9 Å². The molecule has 7 heteroatoms. The van der Waals surface area contributed by atoms with Gasteiger partial charge in [0, 0.05) is 35.1 Å². The van der Waals surface area contributed by atoms with Crippen molar-refractivity contribution in [2.24, 2.45) is 0 Å². The molecule has 0 bridgehead atoms. The topological polar surface area (TPSA) is 73.2 Å². The number of methoxy groups -OCH3 is 2. The van der Waals surface area contributed by atoms with Crippen molar-refractivity contribution in [2.45, 2.75) is 25.9 Å². The van der Waals surface area contributed by atoms with Crippen molar-refractivity contribution >= 4 is 23.0 Å². The zero-order valence-electron chi connectivity index (χ0n) is 21.7. The minimum atomic E-state index is -0.562. The van der Waals surface area contributed by atoms with Crippen molar-refractivity contribution in [3.63, 3.8) is 0 Å². The van der Waals surface area contributed by atoms with Crippen molar-refractivity contribution < 1.29 is 23.4 Å². The molecule has 7 nitrogen and oxygen atoms in total. The first-order chi connectivity index (χ1) is 18.4. The molecule has 3 aromatic carbocycles. The van der Waals surface area contributed by atoms with Crippen LogP contribution in [0.2, 0.25) is 0 Å². The normalized spacial score (nSPS) is 14.8. The van der Waals surface area contributed by atoms with E-state index in [1.807, 2.05) is 24.3 Å². The molecular weight excluding hydrogens is 480 g/mol. The maximum absolute atomic E-state index is 12.4. The van der Waals surface area contributed by atoms with Gasteiger partial charge in [-0.2, -0.15) is 0 Å². The summed E-state index contributed by atoms with van der Waals surface area (Å²) in [7, 11) is 3.32. The molecule has 2 aliphatic heterocycles. The van der Waals surface area contributed by atoms with Crippen LogP contribution in [0.4, 0.5) is 11.4 Å². The third kappa shape index (κ3) is 3.96. The lowest BCUT2D eigenvalue weighted by Crippen LogP contribution is -2.33. The Morgan fingerprint density at radius 2 is 1.74 bits per heavy atom. The van der Waals surface area contributed by atoms with Crippen molar-refractivity contribution in [3.05, 3.63) is 96.0 Å². The average Bonchev–Trinajstić information content (AvgIpc) is 3.58. The second-order valence-electron chi connectivity index (χ2n) is 9.88. The number of carbonyl (C=O) groups is 1. The first-order valence-corrected chi connectivity index (χ1v) is 12.4. The minimum Gasteiger partial charge on any atom is -0.496 e. The highest BCUT2D eigenvalue weighted by molar-refractivity contribution is 5.98. The Bertz CT molecular complexity index is 1570. The van der Waals surface area contributed by atoms with Gasteiger partial charge in [-0.25, -0.2) is 4.79 Å². The fourth-order valence-electron chi connectivity index (χ4n) is 5.29. The molecule has 3 heterocycles. The molecule has 0 fully saturated rings. The fourth-order valence-corrected chi connectivity index (χ4v) is 5.29. The largest absolute Gasteiger partial charge is 0.496 e. The monoisotopic (exact) mass is 508 g/mol. The van der Waals surface area contributed by atoms with Crippen LogP contribution in [0, 0.1) is 0 Å². The Morgan fingerprint density at radius 1 is 0.947 bits per heavy atom. The highest BCUT2D eigenvalue weighted by atomic mass is 16.5. The third-order valence-electron chi connectivity index (χ3n) is 6.90. The standard InChI is InChI=1S/C31H28N2O5/c1-31(2)17-25-29-22(18-33(25)24-8-5-6-9-26(24)35-3)20(13-14-23(29)32-31)21-12-11-19(16-28(21)36-4)38-30(34)27-10-7-15-37-27/h5-17,32H,18H2,1-4H3. The number of benzene rings is 3. The molecule has 0 amide bonds. The zero-order valence-corrected chi connectivity index (χ0v) is 21.7. The van der Waals surface area contributed by atoms with Gasteiger partial charge in [-0.3, -0.25) is 0 Å². The molecule has 0 unspecified atom stereocenters. The maximum atomic E-state index is 12.4. The van der Waals surface area contributed by atoms with E-state index < -0.39 is 5.97 Å². The Hall–Kier alpha value is -4.65. The maximum Gasteiger partial charge on any atom is 0.379 e. The summed E-state index contributed by atoms with van der Waals surface area (Å²) in [4.78, 5) is 14.7. The van der Waals surface area contributed by atoms with Crippen LogP contribution in [0.5, 0.6) is 17.2 Å². The van der Waals surface area contributed by atoms with Crippen molar-refractivity contribution in [1.29, 1.82) is 0 Å². The summed E-state index contributed by atoms with van der Waals surface area (Å²) in [6.07, 6.45) is 3.71. The molecule has 0 saturated heterocycles. The second kappa shape index (κ2) is 9.03. The van der Waals surface area contributed by atoms with E-state index >= 15 is 0 Å². The molecule has 0 saturated carbocycles. The van der Waals surface area contributed by atoms with Crippen LogP contribution in [-0.4, -0.2) is 25.7 Å². The average molecular weight is 509 g/mol. The highest BCUT2D eigenvalue weighted by Gasteiger charge is 2.37. The van der Waals surface area contributed by atoms with Crippen LogP contribution in [0.15, 0.2) is 83.5 Å². The van der Waals surface area contributed by atoms with Crippen molar-refractivity contribution in [2.75, 3.05) is 24.4 Å². The first-order valence-electron chi connectivity index (χ1n) is 12.4. The summed E-state index contributed by atoms with van der Waals surface area (Å²) in [6.45, 7) is 5.00. The van der Waals surface area contributed by atoms with Crippen molar-refractivity contribution in [3.8, 4) is 28.4 Å². The lowest BCUT2D eigenvalue weighted by molar-refractivity contribution is 0.0701. The van der Waals surface area contributed by atoms with Gasteiger partial charge in [0.05, 0.1) is 31.7 Å². The Morgan fingerprint density at radius 3 is 2.50 bits per heavy atom. The molecule has 38 heavy (non-hydrogen) atoms. The number of carbonyl (C=O) groups excluding carboxylic acids is 1. The fraction of sp³-hybridized carbons (Fsp3) is 0.194. The molecule has 0 atom stereocenters. The zero-order chi connectivity index (χ0) is 26.4. The van der Waals surface area contributed by atoms with E-state index in [0.29, 0.717) is 18.0 Å². The van der Waals surface area contributed by atoms with E-state index in [4.69, 9.17) is 18.6 Å². The van der Waals surface area contributed by atoms with E-state index in [1.165, 1.54) is 17.4 Å². The van der Waals surface area contributed by atoms with Gasteiger partial charge < -0.3 is 28.8 Å². The summed E-state index contributed by atoms with van der Waals surface area (Å²) in [5, 5.41) is 3.67. The molecule has 0 aliphatic carbocycles. The van der Waals surface area contributed by atoms with Gasteiger partial charge in [0.15, 0.2) is 0 Å². The van der Waals surface area contributed by atoms with Crippen LogP contribution < -0.4 is 24.4 Å². The van der Waals surface area contributed by atoms with Crippen LogP contribution in [0.25, 0.3) is 16.8 Å². The highest BCUT2D eigenvalue weighted by Crippen LogP contribution is 2.51. The number of rotatable bonds is 6. The summed E-state index contributed by atoms with van der Waals surface area (Å²) >= 11 is 0. The molecule has 1 aromatic heterocycles. The second-order valence-corrected chi connectivity index (χ2v) is 9.88. The minimum absolute atomic E-state index is 0.141. The van der Waals surface area contributed by atoms with Gasteiger partial charge in [-0.15, -0.1) is 0 Å². The number of hydrogen-bond donors (Lipinski definition) is 1. The third-order valence-corrected chi connectivity index (χ3v) is 6.90. The SMILES string of the molecule is COc1cc(OC(=O)c2ccco2)ccc1-c1ccc2c3c1CN(c1ccccc1OC)C3=CC(C)(C)N2. The number of hydrogen-bond acceptors (Lipinski definition) is 7. The summed E-state index contributed by atoms with van der Waals surface area (Å²) in [6, 6.07) is 21.0. The Kier molecular flexibility index (Phi) is 5.64. The number of ether oxygens (including phenoxy) is 3. The number of nitrogens with one attached hydrogen (secondary N) is 1. The molecular formula is C31H28N2O5. The molecule has 0 radical (unpaired) electrons. The molecule has 0 spiro atoms. The predicted octanol–water partition coefficient (Wildman–Crippen LogP) is 6.75. The van der Waals surface area contributed by atoms with Gasteiger partial charge in [-0.1, -0.05) is 18.2 Å². The lowest BCUT2D eigenvalue weighted by Gasteiger charge is -2.33. The molecule has 2 aliphatic rings. The van der Waals surface area contributed by atoms with Crippen LogP contribution in [-0.2, 0) is 6.54 Å². The molecule has 192 valence electrons. The van der Waals surface area contributed by atoms with Crippen LogP contribution in [0.1, 0.15) is 35.5 Å². The summed E-state index contributed by atoms with van der Waals surface area (Å²) in [5.41, 5.74) is 7.34. The van der Waals surface area contributed by atoms with Crippen LogP contribution >= 0.6 is 0 Å². The smallest absolute Gasteiger partial charge is 0.379 e. The Balaban J connectivity index is 1.44. The van der Waals surface area contributed by atoms with Crippen LogP contribution in [0.3, 0.4) is 0 Å². The summed E-state index contributed by atoms with van der Waals surface area (Å²) < 4.78 is 22.2. The molecule has 6 rings (SSSR count). The van der Waals surface area contributed by atoms with E-state index in [2.05, 4.69) is 48.3 Å². The Labute approximate surface area is 221 Å². The van der Waals surface area contributed by atoms with Gasteiger partial charge in [0.1, 0.15) is 17.2 Å². The summed E-state index contributed by atoms with van der Waals surface area (Å²) in [5.74, 6) is 1.38. The van der Waals surface area contributed by atoms with Crippen molar-refractivity contribution in [1.82, 2.24) is 0 Å². The molecule has 4 aromatic rings. The number of nitrogens with zero attached hydrogens (tertiary/aromatic N) is 1. The number of esters is 1. The van der Waals surface area contributed by atoms with Gasteiger partial charge in [0.2, 0.25) is 5.76 Å². The quantitative estimate of drug-likeness (QED) is 0.228.